The molecule has 1 amide bonds. The van der Waals surface area contributed by atoms with Crippen LogP contribution in [0.3, 0.4) is 0 Å². The average molecular weight is 234 g/mol. The summed E-state index contributed by atoms with van der Waals surface area (Å²) in [6, 6.07) is 2.36. The molecule has 0 aliphatic heterocycles. The van der Waals surface area contributed by atoms with Crippen LogP contribution in [0.25, 0.3) is 0 Å². The molecule has 1 aliphatic rings. The summed E-state index contributed by atoms with van der Waals surface area (Å²) in [5, 5.41) is 16.9. The van der Waals surface area contributed by atoms with Crippen LogP contribution >= 0.6 is 11.3 Å². The van der Waals surface area contributed by atoms with E-state index in [2.05, 4.69) is 37.6 Å². The van der Waals surface area contributed by atoms with Crippen molar-refractivity contribution in [2.45, 2.75) is 18.4 Å². The van der Waals surface area contributed by atoms with Crippen molar-refractivity contribution in [1.82, 2.24) is 20.7 Å². The molecule has 1 aliphatic carbocycles. The molecule has 1 fully saturated rings. The summed E-state index contributed by atoms with van der Waals surface area (Å²) < 4.78 is 0. The molecule has 2 heterocycles. The molecule has 0 spiro atoms. The fourth-order valence-electron chi connectivity index (χ4n) is 1.76. The van der Waals surface area contributed by atoms with Gasteiger partial charge < -0.3 is 5.32 Å². The quantitative estimate of drug-likeness (QED) is 0.837. The largest absolute Gasteiger partial charge is 0.347 e. The normalized spacial score (nSPS) is 23.0. The van der Waals surface area contributed by atoms with Crippen LogP contribution < -0.4 is 5.32 Å². The lowest BCUT2D eigenvalue weighted by atomic mass is 10.2. The van der Waals surface area contributed by atoms with Gasteiger partial charge in [-0.3, -0.25) is 4.79 Å². The summed E-state index contributed by atoms with van der Waals surface area (Å²) in [5.41, 5.74) is 1.66. The van der Waals surface area contributed by atoms with Gasteiger partial charge in [-0.1, -0.05) is 0 Å². The first-order chi connectivity index (χ1) is 7.84. The Bertz CT molecular complexity index is 479. The minimum Gasteiger partial charge on any atom is -0.347 e. The smallest absolute Gasteiger partial charge is 0.273 e. The number of hydrogen-bond acceptors (Lipinski definition) is 4. The summed E-state index contributed by atoms with van der Waals surface area (Å²) >= 11 is 1.69. The third kappa shape index (κ3) is 1.71. The molecule has 2 aromatic heterocycles. The van der Waals surface area contributed by atoms with Crippen molar-refractivity contribution >= 4 is 17.2 Å². The van der Waals surface area contributed by atoms with Gasteiger partial charge in [0.1, 0.15) is 0 Å². The minimum absolute atomic E-state index is 0.156. The molecule has 0 aromatic carbocycles. The first-order valence-electron chi connectivity index (χ1n) is 5.03. The highest BCUT2D eigenvalue weighted by atomic mass is 32.1. The van der Waals surface area contributed by atoms with Crippen LogP contribution in [0.2, 0.25) is 0 Å². The van der Waals surface area contributed by atoms with Gasteiger partial charge in [-0.15, -0.1) is 0 Å². The van der Waals surface area contributed by atoms with E-state index < -0.39 is 0 Å². The van der Waals surface area contributed by atoms with Crippen molar-refractivity contribution in [3.63, 3.8) is 0 Å². The van der Waals surface area contributed by atoms with Gasteiger partial charge in [-0.2, -0.15) is 26.7 Å². The second-order valence-electron chi connectivity index (χ2n) is 3.83. The van der Waals surface area contributed by atoms with Crippen LogP contribution in [0, 0.1) is 0 Å². The van der Waals surface area contributed by atoms with Crippen molar-refractivity contribution < 1.29 is 4.79 Å². The van der Waals surface area contributed by atoms with Gasteiger partial charge in [0.25, 0.3) is 5.91 Å². The standard InChI is InChI=1S/C10H10N4OS/c15-10(9-4-11-14-13-9)12-8-3-7(8)6-1-2-16-5-6/h1-2,4-5,7-8H,3H2,(H,12,15)(H,11,13,14)/t7-,8+/m0/s1. The second kappa shape index (κ2) is 3.71. The van der Waals surface area contributed by atoms with E-state index in [1.165, 1.54) is 11.8 Å². The number of aromatic nitrogens is 3. The van der Waals surface area contributed by atoms with E-state index in [-0.39, 0.29) is 11.9 Å². The van der Waals surface area contributed by atoms with Crippen LogP contribution in [0.15, 0.2) is 23.0 Å². The summed E-state index contributed by atoms with van der Waals surface area (Å²) in [5.74, 6) is 0.318. The Balaban J connectivity index is 1.61. The zero-order valence-corrected chi connectivity index (χ0v) is 9.20. The molecular formula is C10H10N4OS. The van der Waals surface area contributed by atoms with E-state index in [1.54, 1.807) is 11.3 Å². The van der Waals surface area contributed by atoms with Gasteiger partial charge in [0.05, 0.1) is 6.20 Å². The fraction of sp³-hybridized carbons (Fsp3) is 0.300. The Labute approximate surface area is 95.9 Å². The molecule has 0 saturated heterocycles. The van der Waals surface area contributed by atoms with Crippen molar-refractivity contribution in [1.29, 1.82) is 0 Å². The molecule has 3 rings (SSSR count). The minimum atomic E-state index is -0.156. The lowest BCUT2D eigenvalue weighted by Gasteiger charge is -2.00. The number of H-pyrrole nitrogens is 1. The van der Waals surface area contributed by atoms with Gasteiger partial charge in [0.15, 0.2) is 5.69 Å². The van der Waals surface area contributed by atoms with Crippen LogP contribution in [-0.4, -0.2) is 27.4 Å². The van der Waals surface area contributed by atoms with E-state index in [1.807, 2.05) is 0 Å². The zero-order valence-electron chi connectivity index (χ0n) is 8.38. The fourth-order valence-corrected chi connectivity index (χ4v) is 2.49. The third-order valence-corrected chi connectivity index (χ3v) is 3.43. The Hall–Kier alpha value is -1.69. The van der Waals surface area contributed by atoms with Crippen LogP contribution in [0.1, 0.15) is 28.4 Å². The molecule has 82 valence electrons. The average Bonchev–Trinajstić information content (AvgIpc) is 2.84. The highest BCUT2D eigenvalue weighted by Crippen LogP contribution is 2.41. The number of rotatable bonds is 3. The molecule has 1 saturated carbocycles. The first kappa shape index (κ1) is 9.53. The first-order valence-corrected chi connectivity index (χ1v) is 5.97. The maximum Gasteiger partial charge on any atom is 0.273 e. The lowest BCUT2D eigenvalue weighted by molar-refractivity contribution is 0.0945. The molecule has 0 unspecified atom stereocenters. The zero-order chi connectivity index (χ0) is 11.0. The van der Waals surface area contributed by atoms with Gasteiger partial charge >= 0.3 is 0 Å². The summed E-state index contributed by atoms with van der Waals surface area (Å²) in [6.07, 6.45) is 2.44. The van der Waals surface area contributed by atoms with E-state index in [4.69, 9.17) is 0 Å². The number of nitrogens with zero attached hydrogens (tertiary/aromatic N) is 2. The van der Waals surface area contributed by atoms with Crippen molar-refractivity contribution in [3.05, 3.63) is 34.3 Å². The highest BCUT2D eigenvalue weighted by Gasteiger charge is 2.40. The van der Waals surface area contributed by atoms with Gasteiger partial charge in [0.2, 0.25) is 0 Å². The predicted octanol–water partition coefficient (Wildman–Crippen LogP) is 1.15. The maximum absolute atomic E-state index is 11.6. The van der Waals surface area contributed by atoms with Crippen molar-refractivity contribution in [2.75, 3.05) is 0 Å². The number of nitrogens with one attached hydrogen (secondary N) is 2. The second-order valence-corrected chi connectivity index (χ2v) is 4.61. The topological polar surface area (TPSA) is 70.7 Å². The van der Waals surface area contributed by atoms with Crippen LogP contribution in [-0.2, 0) is 0 Å². The monoisotopic (exact) mass is 234 g/mol. The number of carbonyl (C=O) groups is 1. The molecule has 6 heteroatoms. The Kier molecular flexibility index (Phi) is 2.21. The predicted molar refractivity (Wildman–Crippen MR) is 59.3 cm³/mol. The third-order valence-electron chi connectivity index (χ3n) is 2.73. The van der Waals surface area contributed by atoms with Crippen molar-refractivity contribution in [2.24, 2.45) is 0 Å². The molecular weight excluding hydrogens is 224 g/mol. The molecule has 0 bridgehead atoms. The summed E-state index contributed by atoms with van der Waals surface area (Å²) in [4.78, 5) is 11.6. The molecule has 5 nitrogen and oxygen atoms in total. The number of hydrogen-bond donors (Lipinski definition) is 2. The van der Waals surface area contributed by atoms with Crippen LogP contribution in [0.4, 0.5) is 0 Å². The van der Waals surface area contributed by atoms with Gasteiger partial charge in [0, 0.05) is 12.0 Å². The Morgan fingerprint density at radius 3 is 3.25 bits per heavy atom. The number of aromatic amines is 1. The van der Waals surface area contributed by atoms with Crippen LogP contribution in [0.5, 0.6) is 0 Å². The SMILES string of the molecule is O=C(N[C@@H]1C[C@H]1c1ccsc1)c1cn[nH]n1. The number of carbonyl (C=O) groups excluding carboxylic acids is 1. The molecule has 2 aromatic rings. The summed E-state index contributed by atoms with van der Waals surface area (Å²) in [7, 11) is 0. The van der Waals surface area contributed by atoms with E-state index >= 15 is 0 Å². The highest BCUT2D eigenvalue weighted by molar-refractivity contribution is 7.08. The summed E-state index contributed by atoms with van der Waals surface area (Å²) in [6.45, 7) is 0. The Morgan fingerprint density at radius 1 is 1.62 bits per heavy atom. The number of amides is 1. The van der Waals surface area contributed by atoms with Gasteiger partial charge in [-0.05, 0) is 28.8 Å². The Morgan fingerprint density at radius 2 is 2.56 bits per heavy atom. The lowest BCUT2D eigenvalue weighted by Crippen LogP contribution is -2.26. The number of thiophene rings is 1. The van der Waals surface area contributed by atoms with E-state index in [0.29, 0.717) is 11.6 Å². The van der Waals surface area contributed by atoms with E-state index in [0.717, 1.165) is 6.42 Å². The molecule has 2 atom stereocenters. The van der Waals surface area contributed by atoms with Gasteiger partial charge in [-0.25, -0.2) is 0 Å². The molecule has 16 heavy (non-hydrogen) atoms. The molecule has 2 N–H and O–H groups in total. The molecule has 0 radical (unpaired) electrons. The van der Waals surface area contributed by atoms with E-state index in [9.17, 15) is 4.79 Å². The maximum atomic E-state index is 11.6. The van der Waals surface area contributed by atoms with Crippen molar-refractivity contribution in [3.8, 4) is 0 Å².